The van der Waals surface area contributed by atoms with Gasteiger partial charge in [-0.05, 0) is 55.3 Å². The minimum Gasteiger partial charge on any atom is -0.491 e. The number of carbonyl (C=O) groups is 1. The molecule has 0 unspecified atom stereocenters. The van der Waals surface area contributed by atoms with Crippen molar-refractivity contribution >= 4 is 17.3 Å². The molecule has 23 heavy (non-hydrogen) atoms. The van der Waals surface area contributed by atoms with Gasteiger partial charge in [0.15, 0.2) is 0 Å². The summed E-state index contributed by atoms with van der Waals surface area (Å²) in [5, 5.41) is 2.91. The molecule has 1 amide bonds. The maximum absolute atomic E-state index is 12.4. The van der Waals surface area contributed by atoms with Crippen molar-refractivity contribution in [2.75, 3.05) is 31.4 Å². The average molecular weight is 314 g/mol. The SMILES string of the molecule is COCCOc1ccc(NC(=O)c2cc(N)ccc2C)c(C)c1. The number of hydrogen-bond acceptors (Lipinski definition) is 4. The van der Waals surface area contributed by atoms with E-state index in [0.29, 0.717) is 24.5 Å². The fraction of sp³-hybridized carbons (Fsp3) is 0.278. The van der Waals surface area contributed by atoms with Crippen LogP contribution in [0.4, 0.5) is 11.4 Å². The van der Waals surface area contributed by atoms with Gasteiger partial charge in [-0.3, -0.25) is 4.79 Å². The third kappa shape index (κ3) is 4.47. The van der Waals surface area contributed by atoms with E-state index in [1.165, 1.54) is 0 Å². The molecule has 2 rings (SSSR count). The van der Waals surface area contributed by atoms with E-state index in [9.17, 15) is 4.79 Å². The number of carbonyl (C=O) groups excluding carboxylic acids is 1. The van der Waals surface area contributed by atoms with Crippen molar-refractivity contribution in [1.29, 1.82) is 0 Å². The summed E-state index contributed by atoms with van der Waals surface area (Å²) >= 11 is 0. The largest absolute Gasteiger partial charge is 0.491 e. The molecule has 0 saturated carbocycles. The predicted octanol–water partition coefficient (Wildman–Crippen LogP) is 3.16. The fourth-order valence-electron chi connectivity index (χ4n) is 2.18. The molecule has 0 aliphatic heterocycles. The molecular weight excluding hydrogens is 292 g/mol. The molecule has 3 N–H and O–H groups in total. The van der Waals surface area contributed by atoms with Gasteiger partial charge in [-0.2, -0.15) is 0 Å². The molecule has 0 fully saturated rings. The molecule has 0 spiro atoms. The van der Waals surface area contributed by atoms with Gasteiger partial charge in [0.05, 0.1) is 6.61 Å². The molecule has 2 aromatic carbocycles. The highest BCUT2D eigenvalue weighted by Crippen LogP contribution is 2.23. The van der Waals surface area contributed by atoms with E-state index >= 15 is 0 Å². The van der Waals surface area contributed by atoms with Crippen LogP contribution in [0.3, 0.4) is 0 Å². The first-order valence-corrected chi connectivity index (χ1v) is 7.41. The molecular formula is C18H22N2O3. The average Bonchev–Trinajstić information content (AvgIpc) is 2.52. The number of nitrogens with two attached hydrogens (primary N) is 1. The Morgan fingerprint density at radius 3 is 2.57 bits per heavy atom. The topological polar surface area (TPSA) is 73.6 Å². The summed E-state index contributed by atoms with van der Waals surface area (Å²) in [6.07, 6.45) is 0. The smallest absolute Gasteiger partial charge is 0.256 e. The molecule has 0 aromatic heterocycles. The summed E-state index contributed by atoms with van der Waals surface area (Å²) in [5.74, 6) is 0.573. The minimum absolute atomic E-state index is 0.175. The molecule has 0 atom stereocenters. The second-order valence-corrected chi connectivity index (χ2v) is 5.35. The van der Waals surface area contributed by atoms with Crippen LogP contribution in [0, 0.1) is 13.8 Å². The number of nitrogens with one attached hydrogen (secondary N) is 1. The molecule has 122 valence electrons. The van der Waals surface area contributed by atoms with Crippen LogP contribution >= 0.6 is 0 Å². The lowest BCUT2D eigenvalue weighted by molar-refractivity contribution is 0.102. The van der Waals surface area contributed by atoms with Gasteiger partial charge in [-0.25, -0.2) is 0 Å². The summed E-state index contributed by atoms with van der Waals surface area (Å²) in [7, 11) is 1.63. The Labute approximate surface area is 136 Å². The number of ether oxygens (including phenoxy) is 2. The normalized spacial score (nSPS) is 10.4. The van der Waals surface area contributed by atoms with Gasteiger partial charge >= 0.3 is 0 Å². The van der Waals surface area contributed by atoms with Gasteiger partial charge in [0.2, 0.25) is 0 Å². The first-order valence-electron chi connectivity index (χ1n) is 7.41. The Hall–Kier alpha value is -2.53. The van der Waals surface area contributed by atoms with Crippen LogP contribution in [0.5, 0.6) is 5.75 Å². The number of aryl methyl sites for hydroxylation is 2. The standard InChI is InChI=1S/C18H22N2O3/c1-12-4-5-14(19)11-16(12)18(21)20-17-7-6-15(10-13(17)2)23-9-8-22-3/h4-7,10-11H,8-9,19H2,1-3H3,(H,20,21). The quantitative estimate of drug-likeness (QED) is 0.634. The van der Waals surface area contributed by atoms with Crippen LogP contribution in [0.25, 0.3) is 0 Å². The minimum atomic E-state index is -0.175. The predicted molar refractivity (Wildman–Crippen MR) is 92.1 cm³/mol. The second kappa shape index (κ2) is 7.65. The zero-order valence-electron chi connectivity index (χ0n) is 13.7. The summed E-state index contributed by atoms with van der Waals surface area (Å²) in [4.78, 5) is 12.4. The lowest BCUT2D eigenvalue weighted by atomic mass is 10.1. The first kappa shape index (κ1) is 16.8. The van der Waals surface area contributed by atoms with Crippen molar-refractivity contribution in [2.24, 2.45) is 0 Å². The Morgan fingerprint density at radius 1 is 1.09 bits per heavy atom. The van der Waals surface area contributed by atoms with Gasteiger partial charge < -0.3 is 20.5 Å². The van der Waals surface area contributed by atoms with Crippen molar-refractivity contribution < 1.29 is 14.3 Å². The monoisotopic (exact) mass is 314 g/mol. The molecule has 0 aliphatic carbocycles. The van der Waals surface area contributed by atoms with Crippen molar-refractivity contribution in [3.05, 3.63) is 53.1 Å². The van der Waals surface area contributed by atoms with E-state index in [1.54, 1.807) is 19.2 Å². The second-order valence-electron chi connectivity index (χ2n) is 5.35. The van der Waals surface area contributed by atoms with Crippen molar-refractivity contribution in [3.8, 4) is 5.75 Å². The summed E-state index contributed by atoms with van der Waals surface area (Å²) in [5.41, 5.74) is 9.46. The van der Waals surface area contributed by atoms with Crippen molar-refractivity contribution in [3.63, 3.8) is 0 Å². The number of amides is 1. The van der Waals surface area contributed by atoms with E-state index < -0.39 is 0 Å². The summed E-state index contributed by atoms with van der Waals surface area (Å²) in [6.45, 7) is 4.83. The zero-order chi connectivity index (χ0) is 16.8. The maximum atomic E-state index is 12.4. The molecule has 5 heteroatoms. The fourth-order valence-corrected chi connectivity index (χ4v) is 2.18. The van der Waals surface area contributed by atoms with Crippen LogP contribution in [0.15, 0.2) is 36.4 Å². The lowest BCUT2D eigenvalue weighted by Crippen LogP contribution is -2.14. The van der Waals surface area contributed by atoms with E-state index in [4.69, 9.17) is 15.2 Å². The number of benzene rings is 2. The van der Waals surface area contributed by atoms with Gasteiger partial charge in [0.25, 0.3) is 5.91 Å². The molecule has 0 aliphatic rings. The lowest BCUT2D eigenvalue weighted by Gasteiger charge is -2.12. The third-order valence-corrected chi connectivity index (χ3v) is 3.51. The first-order chi connectivity index (χ1) is 11.0. The molecule has 0 heterocycles. The molecule has 0 saturated heterocycles. The maximum Gasteiger partial charge on any atom is 0.256 e. The van der Waals surface area contributed by atoms with E-state index in [-0.39, 0.29) is 5.91 Å². The number of nitrogen functional groups attached to an aromatic ring is 1. The highest BCUT2D eigenvalue weighted by atomic mass is 16.5. The van der Waals surface area contributed by atoms with Crippen LogP contribution in [-0.4, -0.2) is 26.2 Å². The van der Waals surface area contributed by atoms with Gasteiger partial charge in [0, 0.05) is 24.0 Å². The van der Waals surface area contributed by atoms with Crippen LogP contribution < -0.4 is 15.8 Å². The summed E-state index contributed by atoms with van der Waals surface area (Å²) in [6, 6.07) is 10.8. The molecule has 0 radical (unpaired) electrons. The van der Waals surface area contributed by atoms with E-state index in [1.807, 2.05) is 38.1 Å². The Kier molecular flexibility index (Phi) is 5.60. The summed E-state index contributed by atoms with van der Waals surface area (Å²) < 4.78 is 10.5. The Balaban J connectivity index is 2.10. The number of rotatable bonds is 6. The van der Waals surface area contributed by atoms with E-state index in [0.717, 1.165) is 22.6 Å². The van der Waals surface area contributed by atoms with Crippen LogP contribution in [0.2, 0.25) is 0 Å². The molecule has 2 aromatic rings. The van der Waals surface area contributed by atoms with Gasteiger partial charge in [-0.15, -0.1) is 0 Å². The molecule has 5 nitrogen and oxygen atoms in total. The Bertz CT molecular complexity index is 699. The van der Waals surface area contributed by atoms with Crippen LogP contribution in [-0.2, 0) is 4.74 Å². The highest BCUT2D eigenvalue weighted by molar-refractivity contribution is 6.06. The highest BCUT2D eigenvalue weighted by Gasteiger charge is 2.11. The number of hydrogen-bond donors (Lipinski definition) is 2. The van der Waals surface area contributed by atoms with Gasteiger partial charge in [-0.1, -0.05) is 6.07 Å². The van der Waals surface area contributed by atoms with Crippen molar-refractivity contribution in [2.45, 2.75) is 13.8 Å². The van der Waals surface area contributed by atoms with Gasteiger partial charge in [0.1, 0.15) is 12.4 Å². The third-order valence-electron chi connectivity index (χ3n) is 3.51. The van der Waals surface area contributed by atoms with E-state index in [2.05, 4.69) is 5.32 Å². The number of anilines is 2. The molecule has 0 bridgehead atoms. The van der Waals surface area contributed by atoms with Crippen molar-refractivity contribution in [1.82, 2.24) is 0 Å². The van der Waals surface area contributed by atoms with Crippen LogP contribution in [0.1, 0.15) is 21.5 Å². The number of methoxy groups -OCH3 is 1. The Morgan fingerprint density at radius 2 is 1.87 bits per heavy atom. The zero-order valence-corrected chi connectivity index (χ0v) is 13.7.